The van der Waals surface area contributed by atoms with Gasteiger partial charge in [-0.05, 0) is 56.5 Å². The van der Waals surface area contributed by atoms with Gasteiger partial charge in [0.1, 0.15) is 18.3 Å². The molecule has 32 heavy (non-hydrogen) atoms. The zero-order chi connectivity index (χ0) is 22.7. The average Bonchev–Trinajstić information content (AvgIpc) is 3.30. The van der Waals surface area contributed by atoms with Crippen LogP contribution in [0.15, 0.2) is 41.0 Å². The Hall–Kier alpha value is -2.96. The van der Waals surface area contributed by atoms with Crippen LogP contribution < -0.4 is 9.47 Å². The Balaban J connectivity index is 1.70. The second kappa shape index (κ2) is 9.67. The summed E-state index contributed by atoms with van der Waals surface area (Å²) >= 11 is 0. The van der Waals surface area contributed by atoms with Crippen molar-refractivity contribution in [3.63, 3.8) is 0 Å². The van der Waals surface area contributed by atoms with Crippen LogP contribution in [-0.2, 0) is 16.1 Å². The molecule has 2 amide bonds. The van der Waals surface area contributed by atoms with E-state index in [1.165, 1.54) is 6.42 Å². The SMILES string of the molecule is COc1cc(C2C(=O)N(C3CCCCC3)CC(=O)N2Cc2ccco2)ccc1OC(C)C. The minimum Gasteiger partial charge on any atom is -0.493 e. The van der Waals surface area contributed by atoms with Gasteiger partial charge in [-0.15, -0.1) is 0 Å². The summed E-state index contributed by atoms with van der Waals surface area (Å²) in [4.78, 5) is 30.5. The molecule has 1 aliphatic heterocycles. The Labute approximate surface area is 189 Å². The summed E-state index contributed by atoms with van der Waals surface area (Å²) in [6.45, 7) is 4.26. The van der Waals surface area contributed by atoms with Gasteiger partial charge in [-0.1, -0.05) is 25.3 Å². The molecule has 0 spiro atoms. The van der Waals surface area contributed by atoms with Crippen molar-refractivity contribution in [1.29, 1.82) is 0 Å². The summed E-state index contributed by atoms with van der Waals surface area (Å²) < 4.78 is 16.9. The fourth-order valence-corrected chi connectivity index (χ4v) is 4.73. The zero-order valence-electron chi connectivity index (χ0n) is 19.1. The highest BCUT2D eigenvalue weighted by Crippen LogP contribution is 2.37. The second-order valence-electron chi connectivity index (χ2n) is 8.84. The minimum atomic E-state index is -0.731. The van der Waals surface area contributed by atoms with Gasteiger partial charge in [0, 0.05) is 6.04 Å². The van der Waals surface area contributed by atoms with E-state index in [1.807, 2.05) is 38.1 Å². The third kappa shape index (κ3) is 4.61. The first-order valence-electron chi connectivity index (χ1n) is 11.4. The van der Waals surface area contributed by atoms with Gasteiger partial charge in [0.25, 0.3) is 5.91 Å². The van der Waals surface area contributed by atoms with Crippen LogP contribution in [0.1, 0.15) is 63.3 Å². The molecular formula is C25H32N2O5. The summed E-state index contributed by atoms with van der Waals surface area (Å²) in [5, 5.41) is 0. The molecule has 2 aliphatic rings. The lowest BCUT2D eigenvalue weighted by atomic mass is 9.91. The Morgan fingerprint density at radius 2 is 1.88 bits per heavy atom. The number of hydrogen-bond acceptors (Lipinski definition) is 5. The number of hydrogen-bond donors (Lipinski definition) is 0. The highest BCUT2D eigenvalue weighted by atomic mass is 16.5. The van der Waals surface area contributed by atoms with E-state index in [2.05, 4.69) is 0 Å². The largest absolute Gasteiger partial charge is 0.493 e. The Morgan fingerprint density at radius 1 is 1.09 bits per heavy atom. The molecule has 4 rings (SSSR count). The van der Waals surface area contributed by atoms with E-state index in [4.69, 9.17) is 13.9 Å². The highest BCUT2D eigenvalue weighted by Gasteiger charge is 2.43. The molecule has 1 atom stereocenters. The van der Waals surface area contributed by atoms with Gasteiger partial charge >= 0.3 is 0 Å². The van der Waals surface area contributed by atoms with Gasteiger partial charge in [0.15, 0.2) is 11.5 Å². The number of amides is 2. The normalized spacial score (nSPS) is 20.2. The van der Waals surface area contributed by atoms with Crippen LogP contribution in [0.5, 0.6) is 11.5 Å². The highest BCUT2D eigenvalue weighted by molar-refractivity contribution is 5.96. The zero-order valence-corrected chi connectivity index (χ0v) is 19.1. The third-order valence-electron chi connectivity index (χ3n) is 6.24. The molecule has 0 radical (unpaired) electrons. The maximum Gasteiger partial charge on any atom is 0.250 e. The van der Waals surface area contributed by atoms with E-state index in [1.54, 1.807) is 29.2 Å². The van der Waals surface area contributed by atoms with Crippen molar-refractivity contribution in [2.75, 3.05) is 13.7 Å². The molecule has 7 heteroatoms. The first-order chi connectivity index (χ1) is 15.5. The van der Waals surface area contributed by atoms with Gasteiger partial charge < -0.3 is 23.7 Å². The van der Waals surface area contributed by atoms with E-state index in [9.17, 15) is 9.59 Å². The molecule has 1 aliphatic carbocycles. The van der Waals surface area contributed by atoms with Crippen molar-refractivity contribution in [1.82, 2.24) is 9.80 Å². The van der Waals surface area contributed by atoms with Gasteiger partial charge in [-0.25, -0.2) is 0 Å². The van der Waals surface area contributed by atoms with E-state index in [0.29, 0.717) is 22.8 Å². The van der Waals surface area contributed by atoms with E-state index in [-0.39, 0.29) is 37.0 Å². The van der Waals surface area contributed by atoms with E-state index >= 15 is 0 Å². The summed E-state index contributed by atoms with van der Waals surface area (Å²) in [5.74, 6) is 1.70. The van der Waals surface area contributed by atoms with Gasteiger partial charge in [-0.2, -0.15) is 0 Å². The first-order valence-corrected chi connectivity index (χ1v) is 11.4. The molecule has 7 nitrogen and oxygen atoms in total. The van der Waals surface area contributed by atoms with Crippen molar-refractivity contribution in [3.8, 4) is 11.5 Å². The molecule has 1 aromatic heterocycles. The number of furan rings is 1. The van der Waals surface area contributed by atoms with Gasteiger partial charge in [0.2, 0.25) is 5.91 Å². The monoisotopic (exact) mass is 440 g/mol. The number of ether oxygens (including phenoxy) is 2. The van der Waals surface area contributed by atoms with Gasteiger partial charge in [0.05, 0.1) is 26.0 Å². The fraction of sp³-hybridized carbons (Fsp3) is 0.520. The van der Waals surface area contributed by atoms with Gasteiger partial charge in [-0.3, -0.25) is 9.59 Å². The smallest absolute Gasteiger partial charge is 0.250 e. The average molecular weight is 441 g/mol. The second-order valence-corrected chi connectivity index (χ2v) is 8.84. The molecule has 172 valence electrons. The van der Waals surface area contributed by atoms with Crippen LogP contribution in [0.4, 0.5) is 0 Å². The fourth-order valence-electron chi connectivity index (χ4n) is 4.73. The molecule has 1 saturated carbocycles. The van der Waals surface area contributed by atoms with Crippen LogP contribution in [0.25, 0.3) is 0 Å². The minimum absolute atomic E-state index is 0.00937. The van der Waals surface area contributed by atoms with Crippen LogP contribution in [-0.4, -0.2) is 47.4 Å². The number of benzene rings is 1. The summed E-state index contributed by atoms with van der Waals surface area (Å²) in [7, 11) is 1.58. The third-order valence-corrected chi connectivity index (χ3v) is 6.24. The standard InChI is InChI=1S/C25H32N2O5/c1-17(2)32-21-12-11-18(14-22(21)30-3)24-25(29)26(19-8-5-4-6-9-19)16-23(28)27(24)15-20-10-7-13-31-20/h7,10-14,17,19,24H,4-6,8-9,15-16H2,1-3H3. The summed E-state index contributed by atoms with van der Waals surface area (Å²) in [6.07, 6.45) is 6.86. The van der Waals surface area contributed by atoms with Crippen molar-refractivity contribution in [3.05, 3.63) is 47.9 Å². The molecule has 1 aromatic carbocycles. The number of nitrogens with zero attached hydrogens (tertiary/aromatic N) is 2. The first kappa shape index (κ1) is 22.2. The Bertz CT molecular complexity index is 934. The molecule has 2 heterocycles. The lowest BCUT2D eigenvalue weighted by Crippen LogP contribution is -2.58. The topological polar surface area (TPSA) is 72.2 Å². The molecular weight excluding hydrogens is 408 g/mol. The lowest BCUT2D eigenvalue weighted by molar-refractivity contribution is -0.160. The molecule has 2 fully saturated rings. The van der Waals surface area contributed by atoms with Crippen LogP contribution in [0, 0.1) is 0 Å². The molecule has 2 aromatic rings. The van der Waals surface area contributed by atoms with Crippen molar-refractivity contribution < 1.29 is 23.5 Å². The summed E-state index contributed by atoms with van der Waals surface area (Å²) in [5.41, 5.74) is 0.711. The van der Waals surface area contributed by atoms with Crippen LogP contribution in [0.2, 0.25) is 0 Å². The molecule has 0 N–H and O–H groups in total. The maximum absolute atomic E-state index is 13.8. The van der Waals surface area contributed by atoms with E-state index in [0.717, 1.165) is 25.7 Å². The molecule has 1 saturated heterocycles. The molecule has 1 unspecified atom stereocenters. The number of carbonyl (C=O) groups excluding carboxylic acids is 2. The number of carbonyl (C=O) groups is 2. The number of rotatable bonds is 7. The van der Waals surface area contributed by atoms with E-state index < -0.39 is 6.04 Å². The summed E-state index contributed by atoms with van der Waals surface area (Å²) in [6, 6.07) is 8.49. The Morgan fingerprint density at radius 3 is 2.53 bits per heavy atom. The van der Waals surface area contributed by atoms with Crippen LogP contribution in [0.3, 0.4) is 0 Å². The van der Waals surface area contributed by atoms with Crippen molar-refractivity contribution in [2.45, 2.75) is 70.7 Å². The predicted molar refractivity (Wildman–Crippen MR) is 119 cm³/mol. The maximum atomic E-state index is 13.8. The van der Waals surface area contributed by atoms with Crippen LogP contribution >= 0.6 is 0 Å². The van der Waals surface area contributed by atoms with Crippen molar-refractivity contribution in [2.24, 2.45) is 0 Å². The Kier molecular flexibility index (Phi) is 6.72. The number of methoxy groups -OCH3 is 1. The van der Waals surface area contributed by atoms with Crippen molar-refractivity contribution >= 4 is 11.8 Å². The number of piperazine rings is 1. The lowest BCUT2D eigenvalue weighted by Gasteiger charge is -2.44. The predicted octanol–water partition coefficient (Wildman–Crippen LogP) is 4.32. The quantitative estimate of drug-likeness (QED) is 0.641. The molecule has 0 bridgehead atoms.